The molecule has 20 heavy (non-hydrogen) atoms. The van der Waals surface area contributed by atoms with Crippen molar-refractivity contribution >= 4 is 10.0 Å². The number of nitrogens with one attached hydrogen (secondary N) is 1. The average Bonchev–Trinajstić information content (AvgIpc) is 2.39. The molecule has 0 saturated carbocycles. The number of rotatable bonds is 5. The Hall–Kier alpha value is -0.910. The Morgan fingerprint density at radius 3 is 2.65 bits per heavy atom. The van der Waals surface area contributed by atoms with Gasteiger partial charge in [-0.05, 0) is 37.8 Å². The van der Waals surface area contributed by atoms with Gasteiger partial charge in [0.25, 0.3) is 0 Å². The molecule has 1 unspecified atom stereocenters. The third-order valence-electron chi connectivity index (χ3n) is 3.76. The Bertz CT molecular complexity index is 525. The molecule has 0 aromatic heterocycles. The number of aryl methyl sites for hydroxylation is 1. The molecular weight excluding hydrogens is 272 g/mol. The molecule has 1 aliphatic heterocycles. The minimum absolute atomic E-state index is 0.420. The number of hydrogen-bond acceptors (Lipinski definition) is 3. The molecule has 0 radical (unpaired) electrons. The first kappa shape index (κ1) is 15.5. The minimum Gasteiger partial charge on any atom is -0.299 e. The van der Waals surface area contributed by atoms with Gasteiger partial charge in [0.15, 0.2) is 0 Å². The molecule has 1 aromatic rings. The molecule has 1 heterocycles. The molecule has 0 spiro atoms. The number of nitrogens with zero attached hydrogens (tertiary/aromatic N) is 1. The maximum absolute atomic E-state index is 11.2. The van der Waals surface area contributed by atoms with Gasteiger partial charge in [-0.1, -0.05) is 29.8 Å². The largest absolute Gasteiger partial charge is 0.299 e. The van der Waals surface area contributed by atoms with Crippen LogP contribution in [0.2, 0.25) is 0 Å². The highest BCUT2D eigenvalue weighted by molar-refractivity contribution is 7.88. The molecule has 4 nitrogen and oxygen atoms in total. The van der Waals surface area contributed by atoms with Gasteiger partial charge in [0.1, 0.15) is 0 Å². The van der Waals surface area contributed by atoms with Crippen LogP contribution in [0.15, 0.2) is 24.3 Å². The van der Waals surface area contributed by atoms with E-state index in [0.29, 0.717) is 12.5 Å². The second-order valence-electron chi connectivity index (χ2n) is 5.85. The van der Waals surface area contributed by atoms with E-state index in [1.54, 1.807) is 0 Å². The maximum atomic E-state index is 11.2. The van der Waals surface area contributed by atoms with Crippen LogP contribution in [0.1, 0.15) is 24.0 Å². The molecule has 1 aromatic carbocycles. The van der Waals surface area contributed by atoms with Crippen molar-refractivity contribution in [1.29, 1.82) is 0 Å². The van der Waals surface area contributed by atoms with Crippen molar-refractivity contribution in [2.75, 3.05) is 25.9 Å². The van der Waals surface area contributed by atoms with Crippen LogP contribution in [0.5, 0.6) is 0 Å². The van der Waals surface area contributed by atoms with Gasteiger partial charge in [-0.15, -0.1) is 0 Å². The van der Waals surface area contributed by atoms with Crippen molar-refractivity contribution in [3.8, 4) is 0 Å². The number of hydrogen-bond donors (Lipinski definition) is 1. The van der Waals surface area contributed by atoms with Crippen LogP contribution < -0.4 is 4.72 Å². The zero-order valence-electron chi connectivity index (χ0n) is 12.3. The highest BCUT2D eigenvalue weighted by Crippen LogP contribution is 2.18. The van der Waals surface area contributed by atoms with Crippen LogP contribution in [0, 0.1) is 12.8 Å². The molecule has 1 aliphatic rings. The second kappa shape index (κ2) is 6.70. The first-order valence-corrected chi connectivity index (χ1v) is 9.04. The van der Waals surface area contributed by atoms with Gasteiger partial charge >= 0.3 is 0 Å². The topological polar surface area (TPSA) is 49.4 Å². The summed E-state index contributed by atoms with van der Waals surface area (Å²) >= 11 is 0. The summed E-state index contributed by atoms with van der Waals surface area (Å²) in [5, 5.41) is 0. The summed E-state index contributed by atoms with van der Waals surface area (Å²) in [4.78, 5) is 2.42. The van der Waals surface area contributed by atoms with Crippen LogP contribution >= 0.6 is 0 Å². The van der Waals surface area contributed by atoms with Gasteiger partial charge in [-0.25, -0.2) is 13.1 Å². The lowest BCUT2D eigenvalue weighted by molar-refractivity contribution is 0.169. The van der Waals surface area contributed by atoms with Crippen LogP contribution in [0.4, 0.5) is 0 Å². The third kappa shape index (κ3) is 5.23. The van der Waals surface area contributed by atoms with E-state index in [1.807, 2.05) is 0 Å². The first-order valence-electron chi connectivity index (χ1n) is 7.15. The first-order chi connectivity index (χ1) is 9.42. The molecule has 112 valence electrons. The predicted octanol–water partition coefficient (Wildman–Crippen LogP) is 1.76. The highest BCUT2D eigenvalue weighted by Gasteiger charge is 2.20. The van der Waals surface area contributed by atoms with E-state index in [9.17, 15) is 8.42 Å². The molecule has 2 rings (SSSR count). The fraction of sp³-hybridized carbons (Fsp3) is 0.600. The van der Waals surface area contributed by atoms with Gasteiger partial charge in [0.05, 0.1) is 6.26 Å². The van der Waals surface area contributed by atoms with Crippen molar-refractivity contribution < 1.29 is 8.42 Å². The highest BCUT2D eigenvalue weighted by atomic mass is 32.2. The molecule has 1 N–H and O–H groups in total. The van der Waals surface area contributed by atoms with Gasteiger partial charge in [0.2, 0.25) is 10.0 Å². The van der Waals surface area contributed by atoms with E-state index in [1.165, 1.54) is 17.4 Å². The molecule has 0 aliphatic carbocycles. The van der Waals surface area contributed by atoms with E-state index >= 15 is 0 Å². The van der Waals surface area contributed by atoms with Gasteiger partial charge in [-0.2, -0.15) is 0 Å². The van der Waals surface area contributed by atoms with Crippen molar-refractivity contribution in [2.45, 2.75) is 26.3 Å². The Kier molecular flexibility index (Phi) is 5.18. The van der Waals surface area contributed by atoms with E-state index < -0.39 is 10.0 Å². The molecule has 1 atom stereocenters. The Morgan fingerprint density at radius 2 is 2.00 bits per heavy atom. The lowest BCUT2D eigenvalue weighted by Crippen LogP contribution is -2.40. The number of piperidine rings is 1. The SMILES string of the molecule is Cc1ccc(CN2CCCC(CNS(C)(=O)=O)C2)cc1. The lowest BCUT2D eigenvalue weighted by Gasteiger charge is -2.32. The van der Waals surface area contributed by atoms with Crippen molar-refractivity contribution in [3.63, 3.8) is 0 Å². The number of sulfonamides is 1. The Labute approximate surface area is 122 Å². The standard InChI is InChI=1S/C15H24N2O2S/c1-13-5-7-14(8-6-13)11-17-9-3-4-15(12-17)10-16-20(2,18)19/h5-8,15-16H,3-4,9-12H2,1-2H3. The third-order valence-corrected chi connectivity index (χ3v) is 4.46. The number of likely N-dealkylation sites (tertiary alicyclic amines) is 1. The van der Waals surface area contributed by atoms with E-state index in [-0.39, 0.29) is 0 Å². The summed E-state index contributed by atoms with van der Waals surface area (Å²) in [5.41, 5.74) is 2.61. The molecule has 0 bridgehead atoms. The van der Waals surface area contributed by atoms with Crippen LogP contribution in [0.25, 0.3) is 0 Å². The summed E-state index contributed by atoms with van der Waals surface area (Å²) in [6.07, 6.45) is 3.47. The van der Waals surface area contributed by atoms with Crippen LogP contribution in [0.3, 0.4) is 0 Å². The monoisotopic (exact) mass is 296 g/mol. The van der Waals surface area contributed by atoms with E-state index in [4.69, 9.17) is 0 Å². The molecule has 0 amide bonds. The molecular formula is C15H24N2O2S. The van der Waals surface area contributed by atoms with Crippen molar-refractivity contribution in [3.05, 3.63) is 35.4 Å². The summed E-state index contributed by atoms with van der Waals surface area (Å²) in [6, 6.07) is 8.63. The van der Waals surface area contributed by atoms with Crippen molar-refractivity contribution in [1.82, 2.24) is 9.62 Å². The fourth-order valence-electron chi connectivity index (χ4n) is 2.68. The summed E-state index contributed by atoms with van der Waals surface area (Å²) in [6.45, 7) is 5.68. The second-order valence-corrected chi connectivity index (χ2v) is 7.68. The lowest BCUT2D eigenvalue weighted by atomic mass is 9.98. The molecule has 1 fully saturated rings. The zero-order valence-corrected chi connectivity index (χ0v) is 13.1. The van der Waals surface area contributed by atoms with Gasteiger partial charge in [-0.3, -0.25) is 4.90 Å². The van der Waals surface area contributed by atoms with Crippen molar-refractivity contribution in [2.24, 2.45) is 5.92 Å². The van der Waals surface area contributed by atoms with Crippen LogP contribution in [-0.4, -0.2) is 39.2 Å². The zero-order chi connectivity index (χ0) is 14.6. The van der Waals surface area contributed by atoms with E-state index in [0.717, 1.165) is 32.5 Å². The average molecular weight is 296 g/mol. The maximum Gasteiger partial charge on any atom is 0.208 e. The van der Waals surface area contributed by atoms with Crippen LogP contribution in [-0.2, 0) is 16.6 Å². The normalized spacial score (nSPS) is 21.0. The molecule has 1 saturated heterocycles. The fourth-order valence-corrected chi connectivity index (χ4v) is 3.22. The van der Waals surface area contributed by atoms with Gasteiger partial charge in [0, 0.05) is 19.6 Å². The summed E-state index contributed by atoms with van der Waals surface area (Å²) in [7, 11) is -3.07. The summed E-state index contributed by atoms with van der Waals surface area (Å²) < 4.78 is 24.9. The molecule has 5 heteroatoms. The van der Waals surface area contributed by atoms with Gasteiger partial charge < -0.3 is 0 Å². The summed E-state index contributed by atoms with van der Waals surface area (Å²) in [5.74, 6) is 0.420. The number of benzene rings is 1. The Morgan fingerprint density at radius 1 is 1.30 bits per heavy atom. The quantitative estimate of drug-likeness (QED) is 0.900. The smallest absolute Gasteiger partial charge is 0.208 e. The Balaban J connectivity index is 1.85. The minimum atomic E-state index is -3.07. The van der Waals surface area contributed by atoms with E-state index in [2.05, 4.69) is 40.8 Å². The predicted molar refractivity (Wildman–Crippen MR) is 82.0 cm³/mol.